The lowest BCUT2D eigenvalue weighted by molar-refractivity contribution is -0.117. The summed E-state index contributed by atoms with van der Waals surface area (Å²) in [6, 6.07) is 6.03. The Hall–Kier alpha value is -2.08. The van der Waals surface area contributed by atoms with E-state index in [1.54, 1.807) is 0 Å². The normalized spacial score (nSPS) is 9.76. The topological polar surface area (TPSA) is 89.9 Å². The zero-order valence-electron chi connectivity index (χ0n) is 13.0. The fourth-order valence-electron chi connectivity index (χ4n) is 1.84. The first-order valence-electron chi connectivity index (χ1n) is 6.82. The Balaban J connectivity index is 0.000000885. The molecule has 6 heteroatoms. The van der Waals surface area contributed by atoms with Crippen LogP contribution in [0.15, 0.2) is 18.2 Å². The number of likely N-dealkylation sites (N-methyl/N-ethyl adjacent to an activating group) is 1. The minimum atomic E-state index is -1.83. The Labute approximate surface area is 125 Å². The van der Waals surface area contributed by atoms with Crippen LogP contribution in [0.2, 0.25) is 0 Å². The van der Waals surface area contributed by atoms with E-state index in [2.05, 4.69) is 24.1 Å². The SMILES string of the molecule is CCN(CC)CC(=O)Nc1c(C)cccc1C.O=C(O)O. The molecule has 1 rings (SSSR count). The van der Waals surface area contributed by atoms with Gasteiger partial charge < -0.3 is 15.5 Å². The van der Waals surface area contributed by atoms with Gasteiger partial charge in [-0.25, -0.2) is 4.79 Å². The first kappa shape index (κ1) is 18.9. The van der Waals surface area contributed by atoms with E-state index in [0.29, 0.717) is 6.54 Å². The summed E-state index contributed by atoms with van der Waals surface area (Å²) >= 11 is 0. The number of carbonyl (C=O) groups excluding carboxylic acids is 1. The van der Waals surface area contributed by atoms with E-state index in [9.17, 15) is 4.79 Å². The van der Waals surface area contributed by atoms with Crippen molar-refractivity contribution in [1.82, 2.24) is 4.90 Å². The summed E-state index contributed by atoms with van der Waals surface area (Å²) in [5, 5.41) is 16.9. The number of benzene rings is 1. The van der Waals surface area contributed by atoms with Crippen molar-refractivity contribution in [3.63, 3.8) is 0 Å². The van der Waals surface area contributed by atoms with E-state index < -0.39 is 6.16 Å². The minimum absolute atomic E-state index is 0.0612. The van der Waals surface area contributed by atoms with Crippen LogP contribution in [0.5, 0.6) is 0 Å². The highest BCUT2D eigenvalue weighted by Gasteiger charge is 2.09. The second kappa shape index (κ2) is 9.77. The Morgan fingerprint density at radius 2 is 1.52 bits per heavy atom. The third kappa shape index (κ3) is 7.94. The number of amides is 1. The molecule has 6 nitrogen and oxygen atoms in total. The molecular weight excluding hydrogens is 272 g/mol. The molecule has 0 unspecified atom stereocenters. The Morgan fingerprint density at radius 3 is 1.90 bits per heavy atom. The van der Waals surface area contributed by atoms with Gasteiger partial charge in [-0.05, 0) is 38.1 Å². The van der Waals surface area contributed by atoms with Crippen LogP contribution in [0.4, 0.5) is 10.5 Å². The Bertz CT molecular complexity index is 446. The van der Waals surface area contributed by atoms with Crippen LogP contribution in [0, 0.1) is 13.8 Å². The lowest BCUT2D eigenvalue weighted by Gasteiger charge is -2.18. The predicted octanol–water partition coefficient (Wildman–Crippen LogP) is 2.81. The van der Waals surface area contributed by atoms with Gasteiger partial charge in [-0.3, -0.25) is 9.69 Å². The molecule has 0 atom stereocenters. The standard InChI is InChI=1S/C14H22N2O.CH2O3/c1-5-16(6-2)10-13(17)15-14-11(3)8-7-9-12(14)4;2-1(3)4/h7-9H,5-6,10H2,1-4H3,(H,15,17);(H2,2,3,4). The number of hydrogen-bond donors (Lipinski definition) is 3. The van der Waals surface area contributed by atoms with Crippen molar-refractivity contribution < 1.29 is 19.8 Å². The van der Waals surface area contributed by atoms with Crippen LogP contribution < -0.4 is 5.32 Å². The molecule has 0 aliphatic carbocycles. The van der Waals surface area contributed by atoms with Crippen LogP contribution in [-0.4, -0.2) is 46.8 Å². The summed E-state index contributed by atoms with van der Waals surface area (Å²) in [5.41, 5.74) is 3.17. The number of aryl methyl sites for hydroxylation is 2. The number of carbonyl (C=O) groups is 2. The van der Waals surface area contributed by atoms with Gasteiger partial charge in [0.1, 0.15) is 0 Å². The molecule has 0 aromatic heterocycles. The summed E-state index contributed by atoms with van der Waals surface area (Å²) in [6.45, 7) is 10.4. The van der Waals surface area contributed by atoms with Gasteiger partial charge in [0.2, 0.25) is 5.91 Å². The fourth-order valence-corrected chi connectivity index (χ4v) is 1.84. The maximum Gasteiger partial charge on any atom is 0.503 e. The highest BCUT2D eigenvalue weighted by atomic mass is 16.6. The molecule has 0 fully saturated rings. The van der Waals surface area contributed by atoms with Crippen LogP contribution in [0.25, 0.3) is 0 Å². The van der Waals surface area contributed by atoms with Crippen molar-refractivity contribution in [3.05, 3.63) is 29.3 Å². The largest absolute Gasteiger partial charge is 0.503 e. The van der Waals surface area contributed by atoms with Crippen LogP contribution >= 0.6 is 0 Å². The van der Waals surface area contributed by atoms with Crippen molar-refractivity contribution in [2.75, 3.05) is 25.0 Å². The summed E-state index contributed by atoms with van der Waals surface area (Å²) in [7, 11) is 0. The molecule has 0 aliphatic heterocycles. The van der Waals surface area contributed by atoms with E-state index in [4.69, 9.17) is 15.0 Å². The molecule has 118 valence electrons. The molecule has 0 bridgehead atoms. The molecule has 0 radical (unpaired) electrons. The average Bonchev–Trinajstić information content (AvgIpc) is 2.40. The third-order valence-corrected chi connectivity index (χ3v) is 3.01. The molecule has 3 N–H and O–H groups in total. The number of carboxylic acid groups (broad SMARTS) is 2. The predicted molar refractivity (Wildman–Crippen MR) is 83.0 cm³/mol. The molecule has 0 heterocycles. The van der Waals surface area contributed by atoms with Crippen molar-refractivity contribution in [2.24, 2.45) is 0 Å². The lowest BCUT2D eigenvalue weighted by atomic mass is 10.1. The average molecular weight is 296 g/mol. The van der Waals surface area contributed by atoms with Gasteiger partial charge in [0.25, 0.3) is 0 Å². The molecule has 1 aromatic carbocycles. The quantitative estimate of drug-likeness (QED) is 0.777. The number of hydrogen-bond acceptors (Lipinski definition) is 3. The zero-order chi connectivity index (χ0) is 16.4. The number of nitrogens with one attached hydrogen (secondary N) is 1. The van der Waals surface area contributed by atoms with E-state index in [0.717, 1.165) is 29.9 Å². The number of para-hydroxylation sites is 1. The monoisotopic (exact) mass is 296 g/mol. The molecule has 0 saturated carbocycles. The minimum Gasteiger partial charge on any atom is -0.450 e. The summed E-state index contributed by atoms with van der Waals surface area (Å²) in [5.74, 6) is 0.0612. The second-order valence-electron chi connectivity index (χ2n) is 4.56. The zero-order valence-corrected chi connectivity index (χ0v) is 13.0. The van der Waals surface area contributed by atoms with Gasteiger partial charge in [-0.15, -0.1) is 0 Å². The van der Waals surface area contributed by atoms with Gasteiger partial charge in [0.15, 0.2) is 0 Å². The number of nitrogens with zero attached hydrogens (tertiary/aromatic N) is 1. The van der Waals surface area contributed by atoms with Crippen LogP contribution in [-0.2, 0) is 4.79 Å². The Morgan fingerprint density at radius 1 is 1.10 bits per heavy atom. The van der Waals surface area contributed by atoms with Crippen molar-refractivity contribution >= 4 is 17.7 Å². The first-order chi connectivity index (χ1) is 9.81. The summed E-state index contributed by atoms with van der Waals surface area (Å²) in [4.78, 5) is 22.5. The maximum atomic E-state index is 11.9. The fraction of sp³-hybridized carbons (Fsp3) is 0.467. The van der Waals surface area contributed by atoms with Gasteiger partial charge in [0.05, 0.1) is 6.54 Å². The molecule has 0 spiro atoms. The maximum absolute atomic E-state index is 11.9. The third-order valence-electron chi connectivity index (χ3n) is 3.01. The van der Waals surface area contributed by atoms with Gasteiger partial charge in [-0.2, -0.15) is 0 Å². The highest BCUT2D eigenvalue weighted by Crippen LogP contribution is 2.19. The van der Waals surface area contributed by atoms with Gasteiger partial charge in [-0.1, -0.05) is 32.0 Å². The molecule has 0 saturated heterocycles. The molecule has 0 aliphatic rings. The molecule has 1 amide bonds. The highest BCUT2D eigenvalue weighted by molar-refractivity contribution is 5.93. The van der Waals surface area contributed by atoms with Crippen molar-refractivity contribution in [1.29, 1.82) is 0 Å². The van der Waals surface area contributed by atoms with Gasteiger partial charge in [0, 0.05) is 5.69 Å². The molecule has 1 aromatic rings. The summed E-state index contributed by atoms with van der Waals surface area (Å²) in [6.07, 6.45) is -1.83. The Kier molecular flexibility index (Phi) is 8.80. The van der Waals surface area contributed by atoms with Crippen LogP contribution in [0.1, 0.15) is 25.0 Å². The second-order valence-corrected chi connectivity index (χ2v) is 4.56. The summed E-state index contributed by atoms with van der Waals surface area (Å²) < 4.78 is 0. The van der Waals surface area contributed by atoms with E-state index in [1.165, 1.54) is 0 Å². The van der Waals surface area contributed by atoms with E-state index >= 15 is 0 Å². The van der Waals surface area contributed by atoms with E-state index in [-0.39, 0.29) is 5.91 Å². The number of rotatable bonds is 5. The van der Waals surface area contributed by atoms with Gasteiger partial charge >= 0.3 is 6.16 Å². The van der Waals surface area contributed by atoms with E-state index in [1.807, 2.05) is 32.0 Å². The lowest BCUT2D eigenvalue weighted by Crippen LogP contribution is -2.33. The molecule has 21 heavy (non-hydrogen) atoms. The van der Waals surface area contributed by atoms with Crippen LogP contribution in [0.3, 0.4) is 0 Å². The number of anilines is 1. The first-order valence-corrected chi connectivity index (χ1v) is 6.82. The smallest absolute Gasteiger partial charge is 0.450 e. The van der Waals surface area contributed by atoms with Crippen molar-refractivity contribution in [3.8, 4) is 0 Å². The molecular formula is C15H24N2O4. The van der Waals surface area contributed by atoms with Crippen molar-refractivity contribution in [2.45, 2.75) is 27.7 Å².